The van der Waals surface area contributed by atoms with Crippen molar-refractivity contribution in [3.05, 3.63) is 34.4 Å². The van der Waals surface area contributed by atoms with Gasteiger partial charge in [0.15, 0.2) is 0 Å². The zero-order valence-electron chi connectivity index (χ0n) is 12.6. The quantitative estimate of drug-likeness (QED) is 0.829. The van der Waals surface area contributed by atoms with E-state index in [-0.39, 0.29) is 12.1 Å². The molecule has 1 saturated heterocycles. The molecule has 0 radical (unpaired) electrons. The third-order valence-electron chi connectivity index (χ3n) is 3.40. The molecule has 2 rings (SSSR count). The van der Waals surface area contributed by atoms with Crippen LogP contribution in [0.2, 0.25) is 5.02 Å². The summed E-state index contributed by atoms with van der Waals surface area (Å²) in [6.45, 7) is -0.508. The van der Waals surface area contributed by atoms with Crippen molar-refractivity contribution in [2.75, 3.05) is 27.2 Å². The highest BCUT2D eigenvalue weighted by atomic mass is 35.5. The molecule has 3 amide bonds. The van der Waals surface area contributed by atoms with Crippen molar-refractivity contribution in [1.29, 1.82) is 0 Å². The van der Waals surface area contributed by atoms with Gasteiger partial charge >= 0.3 is 6.09 Å². The summed E-state index contributed by atoms with van der Waals surface area (Å²) in [6.07, 6.45) is 0.0144. The molecule has 8 heteroatoms. The Morgan fingerprint density at radius 3 is 2.65 bits per heavy atom. The maximum atomic E-state index is 12.4. The smallest absolute Gasteiger partial charge is 0.414 e. The summed E-state index contributed by atoms with van der Waals surface area (Å²) in [4.78, 5) is 37.2. The minimum atomic E-state index is -1.47. The molecule has 0 atom stereocenters. The van der Waals surface area contributed by atoms with Crippen LogP contribution in [0.3, 0.4) is 0 Å². The molecule has 7 nitrogen and oxygen atoms in total. The molecule has 0 bridgehead atoms. The van der Waals surface area contributed by atoms with Crippen LogP contribution in [0.25, 0.3) is 6.08 Å². The van der Waals surface area contributed by atoms with Gasteiger partial charge in [0.25, 0.3) is 5.91 Å². The van der Waals surface area contributed by atoms with Crippen LogP contribution in [0.4, 0.5) is 4.79 Å². The van der Waals surface area contributed by atoms with Gasteiger partial charge in [-0.2, -0.15) is 0 Å². The van der Waals surface area contributed by atoms with E-state index in [0.29, 0.717) is 21.2 Å². The molecule has 1 N–H and O–H groups in total. The fraction of sp³-hybridized carbons (Fsp3) is 0.267. The standard InChI is InChI=1S/C15H15ClN2O5/c1-17-7-10(14(20)18(15(21)22)8-13(17)19)5-9-6-11(16)3-4-12(9)23-2/h3-6H,7-8H2,1-2H3,(H,21,22)/b10-5+. The number of carbonyl (C=O) groups is 3. The number of carboxylic acid groups (broad SMARTS) is 1. The zero-order chi connectivity index (χ0) is 17.1. The Morgan fingerprint density at radius 1 is 1.35 bits per heavy atom. The lowest BCUT2D eigenvalue weighted by Crippen LogP contribution is -2.39. The topological polar surface area (TPSA) is 87.2 Å². The molecule has 1 heterocycles. The van der Waals surface area contributed by atoms with Gasteiger partial charge in [0, 0.05) is 23.2 Å². The third kappa shape index (κ3) is 3.62. The monoisotopic (exact) mass is 338 g/mol. The van der Waals surface area contributed by atoms with Crippen LogP contribution < -0.4 is 4.74 Å². The molecule has 0 aliphatic carbocycles. The van der Waals surface area contributed by atoms with Gasteiger partial charge in [-0.1, -0.05) is 11.6 Å². The third-order valence-corrected chi connectivity index (χ3v) is 3.63. The number of likely N-dealkylation sites (N-methyl/N-ethyl adjacent to an activating group) is 1. The summed E-state index contributed by atoms with van der Waals surface area (Å²) in [5.74, 6) is -0.714. The Balaban J connectivity index is 2.50. The van der Waals surface area contributed by atoms with Crippen molar-refractivity contribution in [1.82, 2.24) is 9.80 Å². The first-order chi connectivity index (χ1) is 10.8. The average Bonchev–Trinajstić information content (AvgIpc) is 2.60. The summed E-state index contributed by atoms with van der Waals surface area (Å²) in [6, 6.07) is 4.87. The number of methoxy groups -OCH3 is 1. The Labute approximate surface area is 137 Å². The minimum Gasteiger partial charge on any atom is -0.496 e. The fourth-order valence-electron chi connectivity index (χ4n) is 2.18. The molecule has 0 spiro atoms. The molecule has 1 aliphatic rings. The van der Waals surface area contributed by atoms with E-state index in [9.17, 15) is 14.4 Å². The van der Waals surface area contributed by atoms with Gasteiger partial charge in [-0.25, -0.2) is 9.69 Å². The number of imide groups is 1. The number of carbonyl (C=O) groups excluding carboxylic acids is 2. The van der Waals surface area contributed by atoms with Gasteiger partial charge in [-0.15, -0.1) is 0 Å². The molecule has 23 heavy (non-hydrogen) atoms. The van der Waals surface area contributed by atoms with Crippen LogP contribution in [0.5, 0.6) is 5.75 Å². The molecule has 122 valence electrons. The normalized spacial score (nSPS) is 17.4. The zero-order valence-corrected chi connectivity index (χ0v) is 13.3. The SMILES string of the molecule is COc1ccc(Cl)cc1/C=C1\CN(C)C(=O)CN(C(=O)O)C1=O. The van der Waals surface area contributed by atoms with Crippen LogP contribution >= 0.6 is 11.6 Å². The fourth-order valence-corrected chi connectivity index (χ4v) is 2.36. The summed E-state index contributed by atoms with van der Waals surface area (Å²) >= 11 is 5.95. The Hall–Kier alpha value is -2.54. The molecule has 0 aromatic heterocycles. The van der Waals surface area contributed by atoms with E-state index in [1.165, 1.54) is 25.1 Å². The van der Waals surface area contributed by atoms with E-state index >= 15 is 0 Å². The van der Waals surface area contributed by atoms with E-state index in [2.05, 4.69) is 0 Å². The molecular formula is C15H15ClN2O5. The summed E-state index contributed by atoms with van der Waals surface area (Å²) in [5.41, 5.74) is 0.678. The number of hydrogen-bond donors (Lipinski definition) is 1. The van der Waals surface area contributed by atoms with Crippen molar-refractivity contribution in [2.24, 2.45) is 0 Å². The van der Waals surface area contributed by atoms with Gasteiger partial charge in [0.05, 0.1) is 13.7 Å². The van der Waals surface area contributed by atoms with Crippen LogP contribution in [-0.4, -0.2) is 60.1 Å². The van der Waals surface area contributed by atoms with Crippen LogP contribution in [0.1, 0.15) is 5.56 Å². The molecule has 0 saturated carbocycles. The first-order valence-electron chi connectivity index (χ1n) is 6.66. The number of ether oxygens (including phenoxy) is 1. The summed E-state index contributed by atoms with van der Waals surface area (Å²) in [5, 5.41) is 9.57. The second-order valence-electron chi connectivity index (χ2n) is 4.98. The van der Waals surface area contributed by atoms with Gasteiger partial charge in [-0.3, -0.25) is 9.59 Å². The molecule has 1 fully saturated rings. The van der Waals surface area contributed by atoms with Gasteiger partial charge in [0.2, 0.25) is 5.91 Å². The number of hydrogen-bond acceptors (Lipinski definition) is 4. The van der Waals surface area contributed by atoms with Crippen LogP contribution in [0, 0.1) is 0 Å². The lowest BCUT2D eigenvalue weighted by Gasteiger charge is -2.13. The number of halogens is 1. The van der Waals surface area contributed by atoms with Gasteiger partial charge in [-0.05, 0) is 24.3 Å². The molecule has 1 aliphatic heterocycles. The van der Waals surface area contributed by atoms with Crippen molar-refractivity contribution in [2.45, 2.75) is 0 Å². The highest BCUT2D eigenvalue weighted by Crippen LogP contribution is 2.26. The largest absolute Gasteiger partial charge is 0.496 e. The van der Waals surface area contributed by atoms with E-state index in [1.807, 2.05) is 0 Å². The van der Waals surface area contributed by atoms with E-state index in [0.717, 1.165) is 0 Å². The number of amides is 3. The maximum Gasteiger partial charge on any atom is 0.414 e. The van der Waals surface area contributed by atoms with Gasteiger partial charge < -0.3 is 14.7 Å². The highest BCUT2D eigenvalue weighted by molar-refractivity contribution is 6.30. The molecule has 1 aromatic rings. The number of rotatable bonds is 2. The van der Waals surface area contributed by atoms with Gasteiger partial charge in [0.1, 0.15) is 12.3 Å². The Bertz CT molecular complexity index is 701. The summed E-state index contributed by atoms with van der Waals surface area (Å²) < 4.78 is 5.21. The van der Waals surface area contributed by atoms with Crippen molar-refractivity contribution < 1.29 is 24.2 Å². The van der Waals surface area contributed by atoms with E-state index < -0.39 is 24.5 Å². The predicted octanol–water partition coefficient (Wildman–Crippen LogP) is 1.71. The maximum absolute atomic E-state index is 12.4. The van der Waals surface area contributed by atoms with Crippen molar-refractivity contribution in [3.8, 4) is 5.75 Å². The lowest BCUT2D eigenvalue weighted by molar-refractivity contribution is -0.133. The number of nitrogens with zero attached hydrogens (tertiary/aromatic N) is 2. The first kappa shape index (κ1) is 16.8. The van der Waals surface area contributed by atoms with Crippen molar-refractivity contribution >= 4 is 35.6 Å². The van der Waals surface area contributed by atoms with Crippen LogP contribution in [0.15, 0.2) is 23.8 Å². The second-order valence-corrected chi connectivity index (χ2v) is 5.42. The highest BCUT2D eigenvalue weighted by Gasteiger charge is 2.32. The first-order valence-corrected chi connectivity index (χ1v) is 7.04. The predicted molar refractivity (Wildman–Crippen MR) is 83.4 cm³/mol. The summed E-state index contributed by atoms with van der Waals surface area (Å²) in [7, 11) is 2.98. The second kappa shape index (κ2) is 6.70. The lowest BCUT2D eigenvalue weighted by atomic mass is 10.1. The average molecular weight is 339 g/mol. The van der Waals surface area contributed by atoms with E-state index in [4.69, 9.17) is 21.4 Å². The Kier molecular flexibility index (Phi) is 4.90. The van der Waals surface area contributed by atoms with E-state index in [1.54, 1.807) is 18.2 Å². The number of benzene rings is 1. The molecule has 1 aromatic carbocycles. The Morgan fingerprint density at radius 2 is 2.04 bits per heavy atom. The molecular weight excluding hydrogens is 324 g/mol. The van der Waals surface area contributed by atoms with Crippen molar-refractivity contribution in [3.63, 3.8) is 0 Å². The molecule has 0 unspecified atom stereocenters. The minimum absolute atomic E-state index is 0.00286. The van der Waals surface area contributed by atoms with Crippen LogP contribution in [-0.2, 0) is 9.59 Å².